The van der Waals surface area contributed by atoms with Crippen LogP contribution in [0.25, 0.3) is 10.9 Å². The highest BCUT2D eigenvalue weighted by Crippen LogP contribution is 2.49. The van der Waals surface area contributed by atoms with Crippen LogP contribution >= 0.6 is 0 Å². The molecule has 1 saturated carbocycles. The van der Waals surface area contributed by atoms with Crippen LogP contribution in [0.4, 0.5) is 8.78 Å². The van der Waals surface area contributed by atoms with Gasteiger partial charge in [-0.3, -0.25) is 19.4 Å². The van der Waals surface area contributed by atoms with E-state index < -0.39 is 23.0 Å². The molecule has 1 heterocycles. The number of primary amides is 1. The molecule has 7 nitrogen and oxygen atoms in total. The highest BCUT2D eigenvalue weighted by Gasteiger charge is 2.54. The van der Waals surface area contributed by atoms with Crippen molar-refractivity contribution in [3.8, 4) is 17.2 Å². The summed E-state index contributed by atoms with van der Waals surface area (Å²) in [4.78, 5) is 42.1. The molecule has 0 saturated heterocycles. The molecule has 0 bridgehead atoms. The lowest BCUT2D eigenvalue weighted by Crippen LogP contribution is -2.28. The number of aromatic nitrogens is 1. The summed E-state index contributed by atoms with van der Waals surface area (Å²) >= 11 is 0. The van der Waals surface area contributed by atoms with Gasteiger partial charge in [0.15, 0.2) is 23.1 Å². The van der Waals surface area contributed by atoms with Crippen LogP contribution in [0.2, 0.25) is 0 Å². The van der Waals surface area contributed by atoms with Crippen LogP contribution in [-0.2, 0) is 22.4 Å². The van der Waals surface area contributed by atoms with Crippen molar-refractivity contribution >= 4 is 28.4 Å². The molecule has 0 aliphatic heterocycles. The van der Waals surface area contributed by atoms with Crippen LogP contribution in [0.5, 0.6) is 17.2 Å². The summed E-state index contributed by atoms with van der Waals surface area (Å²) in [5, 5.41) is 0.432. The number of amides is 1. The molecule has 0 atom stereocenters. The summed E-state index contributed by atoms with van der Waals surface area (Å²) in [6.45, 7) is 0. The standard InChI is InChI=1S/C30H24F2N2O5/c1-38-26-16-23-20(15-21(26)29(33)37)24(8-11-34-23)39-25-7-4-18(12-22(25)32)14-28(36)30(9-10-30)27(35)13-17-2-5-19(31)6-3-17/h2-8,11-12,15-16H,9-10,13-14H2,1H3,(H2,33,37). The molecule has 1 aliphatic carbocycles. The number of carbonyl (C=O) groups is 3. The Kier molecular flexibility index (Phi) is 6.82. The summed E-state index contributed by atoms with van der Waals surface area (Å²) in [5.74, 6) is -1.87. The maximum atomic E-state index is 15.1. The number of pyridine rings is 1. The molecule has 0 radical (unpaired) electrons. The fourth-order valence-corrected chi connectivity index (χ4v) is 4.60. The second-order valence-corrected chi connectivity index (χ2v) is 9.52. The Hall–Kier alpha value is -4.66. The molecule has 39 heavy (non-hydrogen) atoms. The van der Waals surface area contributed by atoms with Gasteiger partial charge in [-0.15, -0.1) is 0 Å². The van der Waals surface area contributed by atoms with Crippen LogP contribution in [0.1, 0.15) is 34.3 Å². The summed E-state index contributed by atoms with van der Waals surface area (Å²) in [6, 6.07) is 14.3. The zero-order valence-electron chi connectivity index (χ0n) is 21.0. The molecule has 9 heteroatoms. The van der Waals surface area contributed by atoms with Crippen LogP contribution < -0.4 is 15.2 Å². The fraction of sp³-hybridized carbons (Fsp3) is 0.200. The van der Waals surface area contributed by atoms with Crippen molar-refractivity contribution in [3.63, 3.8) is 0 Å². The van der Waals surface area contributed by atoms with Gasteiger partial charge < -0.3 is 15.2 Å². The zero-order chi connectivity index (χ0) is 27.7. The topological polar surface area (TPSA) is 109 Å². The normalized spacial score (nSPS) is 13.6. The lowest BCUT2D eigenvalue weighted by Gasteiger charge is -2.14. The maximum absolute atomic E-state index is 15.1. The summed E-state index contributed by atoms with van der Waals surface area (Å²) in [6.07, 6.45) is 2.30. The number of hydrogen-bond donors (Lipinski definition) is 1. The number of nitrogens with two attached hydrogens (primary N) is 1. The van der Waals surface area contributed by atoms with Crippen molar-refractivity contribution in [3.05, 3.63) is 95.2 Å². The van der Waals surface area contributed by atoms with Gasteiger partial charge in [-0.1, -0.05) is 18.2 Å². The van der Waals surface area contributed by atoms with E-state index in [4.69, 9.17) is 15.2 Å². The minimum atomic E-state index is -1.07. The van der Waals surface area contributed by atoms with Crippen LogP contribution in [0.15, 0.2) is 66.9 Å². The Morgan fingerprint density at radius 1 is 0.872 bits per heavy atom. The van der Waals surface area contributed by atoms with Gasteiger partial charge >= 0.3 is 0 Å². The Morgan fingerprint density at radius 2 is 1.54 bits per heavy atom. The van der Waals surface area contributed by atoms with E-state index in [9.17, 15) is 18.8 Å². The first-order chi connectivity index (χ1) is 18.7. The zero-order valence-corrected chi connectivity index (χ0v) is 21.0. The van der Waals surface area contributed by atoms with Gasteiger partial charge in [0.2, 0.25) is 0 Å². The van der Waals surface area contributed by atoms with E-state index >= 15 is 4.39 Å². The van der Waals surface area contributed by atoms with Crippen molar-refractivity contribution in [2.24, 2.45) is 11.1 Å². The Bertz CT molecular complexity index is 1610. The predicted octanol–water partition coefficient (Wildman–Crippen LogP) is 5.12. The second kappa shape index (κ2) is 10.2. The van der Waals surface area contributed by atoms with Gasteiger partial charge in [0.25, 0.3) is 5.91 Å². The molecule has 198 valence electrons. The van der Waals surface area contributed by atoms with Crippen LogP contribution in [0.3, 0.4) is 0 Å². The number of ether oxygens (including phenoxy) is 2. The Labute approximate surface area is 222 Å². The highest BCUT2D eigenvalue weighted by atomic mass is 19.1. The number of Topliss-reactive ketones (excluding diaryl/α,β-unsaturated/α-hetero) is 2. The maximum Gasteiger partial charge on any atom is 0.252 e. The highest BCUT2D eigenvalue weighted by molar-refractivity contribution is 6.11. The molecular formula is C30H24F2N2O5. The average molecular weight is 531 g/mol. The number of ketones is 2. The van der Waals surface area contributed by atoms with Gasteiger partial charge in [0, 0.05) is 30.5 Å². The van der Waals surface area contributed by atoms with E-state index in [0.29, 0.717) is 34.9 Å². The van der Waals surface area contributed by atoms with Gasteiger partial charge in [0.05, 0.1) is 23.6 Å². The number of hydrogen-bond acceptors (Lipinski definition) is 6. The molecular weight excluding hydrogens is 506 g/mol. The van der Waals surface area contributed by atoms with Crippen molar-refractivity contribution < 1.29 is 32.6 Å². The first-order valence-electron chi connectivity index (χ1n) is 12.2. The van der Waals surface area contributed by atoms with Gasteiger partial charge in [0.1, 0.15) is 17.3 Å². The summed E-state index contributed by atoms with van der Waals surface area (Å²) in [7, 11) is 1.40. The third-order valence-electron chi connectivity index (χ3n) is 6.96. The third kappa shape index (κ3) is 5.20. The van der Waals surface area contributed by atoms with E-state index in [0.717, 1.165) is 0 Å². The molecule has 5 rings (SSSR count). The fourth-order valence-electron chi connectivity index (χ4n) is 4.60. The Morgan fingerprint density at radius 3 is 2.15 bits per heavy atom. The number of benzene rings is 3. The molecule has 3 aromatic carbocycles. The van der Waals surface area contributed by atoms with Crippen molar-refractivity contribution in [2.75, 3.05) is 7.11 Å². The molecule has 1 aromatic heterocycles. The molecule has 4 aromatic rings. The minimum Gasteiger partial charge on any atom is -0.496 e. The third-order valence-corrected chi connectivity index (χ3v) is 6.96. The monoisotopic (exact) mass is 530 g/mol. The van der Waals surface area contributed by atoms with Gasteiger partial charge in [-0.2, -0.15) is 0 Å². The number of halogens is 2. The number of nitrogens with zero attached hydrogens (tertiary/aromatic N) is 1. The second-order valence-electron chi connectivity index (χ2n) is 9.52. The molecule has 1 amide bonds. The average Bonchev–Trinajstić information content (AvgIpc) is 3.73. The summed E-state index contributed by atoms with van der Waals surface area (Å²) in [5.41, 5.74) is 6.01. The van der Waals surface area contributed by atoms with Crippen molar-refractivity contribution in [1.82, 2.24) is 4.98 Å². The molecule has 2 N–H and O–H groups in total. The first kappa shape index (κ1) is 26.0. The van der Waals surface area contributed by atoms with Crippen LogP contribution in [-0.4, -0.2) is 29.6 Å². The van der Waals surface area contributed by atoms with Crippen molar-refractivity contribution in [2.45, 2.75) is 25.7 Å². The number of fused-ring (bicyclic) bond motifs is 1. The number of methoxy groups -OCH3 is 1. The quantitative estimate of drug-likeness (QED) is 0.285. The lowest BCUT2D eigenvalue weighted by molar-refractivity contribution is -0.133. The van der Waals surface area contributed by atoms with Gasteiger partial charge in [-0.05, 0) is 60.4 Å². The first-order valence-corrected chi connectivity index (χ1v) is 12.2. The van der Waals surface area contributed by atoms with E-state index in [-0.39, 0.29) is 47.2 Å². The van der Waals surface area contributed by atoms with E-state index in [1.54, 1.807) is 12.1 Å². The summed E-state index contributed by atoms with van der Waals surface area (Å²) < 4.78 is 39.2. The smallest absolute Gasteiger partial charge is 0.252 e. The Balaban J connectivity index is 1.32. The molecule has 1 fully saturated rings. The number of carbonyl (C=O) groups excluding carboxylic acids is 3. The van der Waals surface area contributed by atoms with Crippen molar-refractivity contribution in [1.29, 1.82) is 0 Å². The number of rotatable bonds is 10. The van der Waals surface area contributed by atoms with E-state index in [2.05, 4.69) is 4.98 Å². The van der Waals surface area contributed by atoms with Gasteiger partial charge in [-0.25, -0.2) is 8.78 Å². The minimum absolute atomic E-state index is 0.0381. The predicted molar refractivity (Wildman–Crippen MR) is 139 cm³/mol. The molecule has 1 aliphatic rings. The largest absolute Gasteiger partial charge is 0.496 e. The van der Waals surface area contributed by atoms with Crippen LogP contribution in [0, 0.1) is 17.0 Å². The molecule has 0 spiro atoms. The SMILES string of the molecule is COc1cc2nccc(Oc3ccc(CC(=O)C4(C(=O)Cc5ccc(F)cc5)CC4)cc3F)c2cc1C(N)=O. The lowest BCUT2D eigenvalue weighted by atomic mass is 9.88. The van der Waals surface area contributed by atoms with E-state index in [1.165, 1.54) is 61.8 Å². The van der Waals surface area contributed by atoms with E-state index in [1.807, 2.05) is 0 Å². The molecule has 0 unspecified atom stereocenters.